The predicted molar refractivity (Wildman–Crippen MR) is 77.6 cm³/mol. The average molecular weight is 280 g/mol. The van der Waals surface area contributed by atoms with Crippen molar-refractivity contribution in [2.75, 3.05) is 19.0 Å². The predicted octanol–water partition coefficient (Wildman–Crippen LogP) is 3.10. The minimum atomic E-state index is 0.661. The zero-order valence-electron chi connectivity index (χ0n) is 11.2. The Balaban J connectivity index is 1.91. The normalized spacial score (nSPS) is 10.7. The molecule has 0 unspecified atom stereocenters. The van der Waals surface area contributed by atoms with Crippen molar-refractivity contribution in [3.05, 3.63) is 46.7 Å². The number of rotatable bonds is 6. The summed E-state index contributed by atoms with van der Waals surface area (Å²) in [5, 5.41) is 8.37. The zero-order chi connectivity index (χ0) is 13.7. The van der Waals surface area contributed by atoms with Gasteiger partial charge in [-0.25, -0.2) is 0 Å². The van der Waals surface area contributed by atoms with Crippen molar-refractivity contribution in [2.24, 2.45) is 0 Å². The van der Waals surface area contributed by atoms with E-state index in [0.717, 1.165) is 34.9 Å². The molecule has 1 N–H and O–H groups in total. The van der Waals surface area contributed by atoms with E-state index in [1.165, 1.54) is 0 Å². The van der Waals surface area contributed by atoms with Crippen molar-refractivity contribution in [1.29, 1.82) is 0 Å². The van der Waals surface area contributed by atoms with Crippen molar-refractivity contribution in [1.82, 2.24) is 9.78 Å². The fourth-order valence-corrected chi connectivity index (χ4v) is 1.92. The molecule has 19 heavy (non-hydrogen) atoms. The molecule has 0 fully saturated rings. The Morgan fingerprint density at radius 3 is 3.00 bits per heavy atom. The molecule has 0 radical (unpaired) electrons. The summed E-state index contributed by atoms with van der Waals surface area (Å²) in [7, 11) is 1.68. The number of aryl methyl sites for hydroxylation is 1. The van der Waals surface area contributed by atoms with Crippen LogP contribution in [0.3, 0.4) is 0 Å². The van der Waals surface area contributed by atoms with E-state index in [0.29, 0.717) is 6.61 Å². The van der Waals surface area contributed by atoms with E-state index in [1.807, 2.05) is 36.1 Å². The van der Waals surface area contributed by atoms with Crippen LogP contribution >= 0.6 is 11.6 Å². The molecule has 2 rings (SSSR count). The van der Waals surface area contributed by atoms with E-state index >= 15 is 0 Å². The first-order chi connectivity index (χ1) is 9.19. The molecule has 1 aromatic carbocycles. The van der Waals surface area contributed by atoms with Gasteiger partial charge in [-0.3, -0.25) is 4.68 Å². The molecule has 0 atom stereocenters. The summed E-state index contributed by atoms with van der Waals surface area (Å²) in [6, 6.07) is 6.09. The lowest BCUT2D eigenvalue weighted by molar-refractivity contribution is 0.183. The molecule has 4 nitrogen and oxygen atoms in total. The highest BCUT2D eigenvalue weighted by Gasteiger charge is 2.00. The fraction of sp³-hybridized carbons (Fsp3) is 0.357. The van der Waals surface area contributed by atoms with Gasteiger partial charge in [-0.15, -0.1) is 0 Å². The van der Waals surface area contributed by atoms with Crippen LogP contribution in [0.2, 0.25) is 5.02 Å². The number of anilines is 1. The van der Waals surface area contributed by atoms with Gasteiger partial charge in [-0.2, -0.15) is 5.10 Å². The molecular weight excluding hydrogens is 262 g/mol. The smallest absolute Gasteiger partial charge is 0.0729 e. The van der Waals surface area contributed by atoms with Gasteiger partial charge in [0.15, 0.2) is 0 Å². The first-order valence-electron chi connectivity index (χ1n) is 6.19. The molecule has 1 aromatic heterocycles. The average Bonchev–Trinajstić information content (AvgIpc) is 2.86. The first kappa shape index (κ1) is 13.9. The van der Waals surface area contributed by atoms with Crippen LogP contribution in [0.4, 0.5) is 5.69 Å². The third-order valence-corrected chi connectivity index (χ3v) is 3.30. The van der Waals surface area contributed by atoms with Gasteiger partial charge in [-0.1, -0.05) is 23.7 Å². The maximum absolute atomic E-state index is 6.10. The summed E-state index contributed by atoms with van der Waals surface area (Å²) < 4.78 is 6.87. The number of nitrogens with one attached hydrogen (secondary N) is 1. The molecule has 102 valence electrons. The number of halogens is 1. The molecule has 1 heterocycles. The maximum atomic E-state index is 6.10. The highest BCUT2D eigenvalue weighted by Crippen LogP contribution is 2.17. The Hall–Kier alpha value is -1.52. The Labute approximate surface area is 118 Å². The number of aromatic nitrogens is 2. The molecule has 0 spiro atoms. The van der Waals surface area contributed by atoms with E-state index < -0.39 is 0 Å². The fourth-order valence-electron chi connectivity index (χ4n) is 1.71. The summed E-state index contributed by atoms with van der Waals surface area (Å²) in [5.74, 6) is 0. The van der Waals surface area contributed by atoms with Crippen LogP contribution in [0, 0.1) is 6.92 Å². The second-order valence-electron chi connectivity index (χ2n) is 4.42. The first-order valence-corrected chi connectivity index (χ1v) is 6.57. The summed E-state index contributed by atoms with van der Waals surface area (Å²) in [6.07, 6.45) is 3.78. The van der Waals surface area contributed by atoms with Gasteiger partial charge < -0.3 is 10.1 Å². The summed E-state index contributed by atoms with van der Waals surface area (Å²) >= 11 is 6.10. The third-order valence-electron chi connectivity index (χ3n) is 2.89. The Morgan fingerprint density at radius 2 is 2.26 bits per heavy atom. The summed E-state index contributed by atoms with van der Waals surface area (Å²) in [5.41, 5.74) is 3.24. The monoisotopic (exact) mass is 279 g/mol. The molecular formula is C14H18ClN3O. The minimum Gasteiger partial charge on any atom is -0.383 e. The van der Waals surface area contributed by atoms with Gasteiger partial charge in [0.2, 0.25) is 0 Å². The second kappa shape index (κ2) is 6.59. The lowest BCUT2D eigenvalue weighted by Crippen LogP contribution is -2.04. The molecule has 0 saturated heterocycles. The van der Waals surface area contributed by atoms with Gasteiger partial charge in [0.25, 0.3) is 0 Å². The van der Waals surface area contributed by atoms with Crippen LogP contribution in [0.25, 0.3) is 0 Å². The number of hydrogen-bond acceptors (Lipinski definition) is 3. The van der Waals surface area contributed by atoms with Gasteiger partial charge in [0.1, 0.15) is 0 Å². The van der Waals surface area contributed by atoms with Gasteiger partial charge in [0, 0.05) is 24.9 Å². The van der Waals surface area contributed by atoms with E-state index in [2.05, 4.69) is 16.5 Å². The zero-order valence-corrected chi connectivity index (χ0v) is 11.9. The van der Waals surface area contributed by atoms with Gasteiger partial charge in [-0.05, 0) is 24.1 Å². The highest BCUT2D eigenvalue weighted by atomic mass is 35.5. The summed E-state index contributed by atoms with van der Waals surface area (Å²) in [6.45, 7) is 4.15. The van der Waals surface area contributed by atoms with E-state index in [4.69, 9.17) is 16.3 Å². The highest BCUT2D eigenvalue weighted by molar-refractivity contribution is 6.31. The van der Waals surface area contributed by atoms with Crippen molar-refractivity contribution >= 4 is 17.3 Å². The van der Waals surface area contributed by atoms with Crippen molar-refractivity contribution in [3.8, 4) is 0 Å². The van der Waals surface area contributed by atoms with E-state index in [1.54, 1.807) is 7.11 Å². The number of hydrogen-bond donors (Lipinski definition) is 1. The molecule has 0 bridgehead atoms. The van der Waals surface area contributed by atoms with Crippen LogP contribution in [-0.2, 0) is 17.8 Å². The number of benzene rings is 1. The summed E-state index contributed by atoms with van der Waals surface area (Å²) in [4.78, 5) is 0. The SMILES string of the molecule is COCCn1cc(NCc2ccc(C)c(Cl)c2)cn1. The lowest BCUT2D eigenvalue weighted by Gasteiger charge is -2.05. The molecule has 5 heteroatoms. The molecule has 0 aliphatic heterocycles. The number of methoxy groups -OCH3 is 1. The molecule has 0 aliphatic carbocycles. The lowest BCUT2D eigenvalue weighted by atomic mass is 10.1. The Bertz CT molecular complexity index is 539. The molecule has 2 aromatic rings. The van der Waals surface area contributed by atoms with Crippen LogP contribution < -0.4 is 5.32 Å². The van der Waals surface area contributed by atoms with E-state index in [-0.39, 0.29) is 0 Å². The topological polar surface area (TPSA) is 39.1 Å². The van der Waals surface area contributed by atoms with Crippen LogP contribution in [-0.4, -0.2) is 23.5 Å². The maximum Gasteiger partial charge on any atom is 0.0729 e. The number of nitrogens with zero attached hydrogens (tertiary/aromatic N) is 2. The Kier molecular flexibility index (Phi) is 4.82. The van der Waals surface area contributed by atoms with Gasteiger partial charge in [0.05, 0.1) is 25.0 Å². The second-order valence-corrected chi connectivity index (χ2v) is 4.83. The largest absolute Gasteiger partial charge is 0.383 e. The van der Waals surface area contributed by atoms with Crippen molar-refractivity contribution < 1.29 is 4.74 Å². The molecule has 0 saturated carbocycles. The van der Waals surface area contributed by atoms with Crippen LogP contribution in [0.1, 0.15) is 11.1 Å². The van der Waals surface area contributed by atoms with Crippen LogP contribution in [0.5, 0.6) is 0 Å². The van der Waals surface area contributed by atoms with Crippen LogP contribution in [0.15, 0.2) is 30.6 Å². The quantitative estimate of drug-likeness (QED) is 0.883. The number of ether oxygens (including phenoxy) is 1. The standard InChI is InChI=1S/C14H18ClN3O/c1-11-3-4-12(7-14(11)15)8-16-13-9-17-18(10-13)5-6-19-2/h3-4,7,9-10,16H,5-6,8H2,1-2H3. The van der Waals surface area contributed by atoms with E-state index in [9.17, 15) is 0 Å². The Morgan fingerprint density at radius 1 is 1.42 bits per heavy atom. The van der Waals surface area contributed by atoms with Gasteiger partial charge >= 0.3 is 0 Å². The van der Waals surface area contributed by atoms with Crippen molar-refractivity contribution in [3.63, 3.8) is 0 Å². The minimum absolute atomic E-state index is 0.661. The van der Waals surface area contributed by atoms with Crippen molar-refractivity contribution in [2.45, 2.75) is 20.0 Å². The molecule has 0 aliphatic rings. The third kappa shape index (κ3) is 3.98. The molecule has 0 amide bonds.